The normalized spacial score (nSPS) is 36.4. The third kappa shape index (κ3) is 4.98. The van der Waals surface area contributed by atoms with E-state index in [0.717, 1.165) is 34.5 Å². The smallest absolute Gasteiger partial charge is 0.342 e. The van der Waals surface area contributed by atoms with E-state index in [0.29, 0.717) is 67.5 Å². The Hall–Kier alpha value is -3.69. The molecule has 3 aromatic rings. The van der Waals surface area contributed by atoms with Crippen LogP contribution in [0.3, 0.4) is 0 Å². The van der Waals surface area contributed by atoms with Gasteiger partial charge in [0.15, 0.2) is 0 Å². The van der Waals surface area contributed by atoms with Crippen molar-refractivity contribution in [3.8, 4) is 5.75 Å². The standard InChI is InChI=1S/C44H54F2N4O7S/c1-7-41-11-8-13-50-14-12-42(35(41)50)29-17-30(33(55-4)18-32(29)48(3)36(42)44(54,37(41)51)39(53)57-6)43(38(52)56-5)19-25-15-26(40(2,45)46)21-49(20-25)22-28-27-16-24(23-58)9-10-31(27)47-34(28)43/h8-11,16-18,25-26,35-37,47,51,54,58H,7,12-15,19-23H2,1-6H3/t25-,26?,35+,36-,37-,41-,42-,43+,44+/m1/s1. The molecule has 3 N–H and O–H groups in total. The Balaban J connectivity index is 1.36. The highest BCUT2D eigenvalue weighted by atomic mass is 32.1. The summed E-state index contributed by atoms with van der Waals surface area (Å²) in [5.41, 5.74) is -0.609. The number of carbonyl (C=O) groups is 2. The van der Waals surface area contributed by atoms with Gasteiger partial charge in [0.05, 0.1) is 27.4 Å². The number of ether oxygens (including phenoxy) is 3. The molecule has 5 aliphatic heterocycles. The number of hydrogen-bond acceptors (Lipinski definition) is 11. The minimum absolute atomic E-state index is 0.158. The molecule has 2 saturated heterocycles. The van der Waals surface area contributed by atoms with Crippen molar-refractivity contribution in [2.24, 2.45) is 17.3 Å². The molecular formula is C44H54F2N4O7S. The van der Waals surface area contributed by atoms with Crippen LogP contribution in [0.1, 0.15) is 67.5 Å². The molecule has 3 fully saturated rings. The molecule has 1 aliphatic carbocycles. The number of benzene rings is 2. The predicted molar refractivity (Wildman–Crippen MR) is 218 cm³/mol. The van der Waals surface area contributed by atoms with E-state index in [1.54, 1.807) is 7.11 Å². The highest BCUT2D eigenvalue weighted by molar-refractivity contribution is 7.79. The molecule has 6 aliphatic rings. The number of anilines is 1. The molecule has 1 saturated carbocycles. The summed E-state index contributed by atoms with van der Waals surface area (Å²) in [5, 5.41) is 26.2. The second kappa shape index (κ2) is 13.4. The van der Waals surface area contributed by atoms with Crippen LogP contribution in [-0.2, 0) is 42.2 Å². The summed E-state index contributed by atoms with van der Waals surface area (Å²) in [5.74, 6) is -4.79. The van der Waals surface area contributed by atoms with Crippen molar-refractivity contribution in [1.29, 1.82) is 0 Å². The number of H-pyrrole nitrogens is 1. The Labute approximate surface area is 343 Å². The first-order valence-corrected chi connectivity index (χ1v) is 21.0. The lowest BCUT2D eigenvalue weighted by molar-refractivity contribution is -0.218. The molecule has 2 bridgehead atoms. The van der Waals surface area contributed by atoms with E-state index in [1.807, 2.05) is 55.3 Å². The van der Waals surface area contributed by atoms with Gasteiger partial charge in [-0.2, -0.15) is 12.6 Å². The third-order valence-corrected chi connectivity index (χ3v) is 15.7. The van der Waals surface area contributed by atoms with E-state index in [1.165, 1.54) is 14.2 Å². The van der Waals surface area contributed by atoms with Crippen LogP contribution in [0.5, 0.6) is 5.75 Å². The molecule has 2 unspecified atom stereocenters. The highest BCUT2D eigenvalue weighted by Gasteiger charge is 2.79. The second-order valence-electron chi connectivity index (χ2n) is 17.9. The number of nitrogens with zero attached hydrogens (tertiary/aromatic N) is 3. The molecule has 10 atom stereocenters. The number of thiol groups is 1. The minimum Gasteiger partial charge on any atom is -0.496 e. The van der Waals surface area contributed by atoms with Gasteiger partial charge in [0.2, 0.25) is 11.5 Å². The average molecular weight is 821 g/mol. The zero-order valence-electron chi connectivity index (χ0n) is 34.0. The van der Waals surface area contributed by atoms with Crippen LogP contribution in [-0.4, -0.2) is 121 Å². The van der Waals surface area contributed by atoms with Gasteiger partial charge in [-0.3, -0.25) is 14.6 Å². The fourth-order valence-electron chi connectivity index (χ4n) is 13.1. The summed E-state index contributed by atoms with van der Waals surface area (Å²) in [7, 11) is 5.95. The molecule has 6 heterocycles. The molecule has 58 heavy (non-hydrogen) atoms. The van der Waals surface area contributed by atoms with Crippen molar-refractivity contribution in [3.05, 3.63) is 70.4 Å². The monoisotopic (exact) mass is 820 g/mol. The van der Waals surface area contributed by atoms with Crippen LogP contribution in [0.25, 0.3) is 10.9 Å². The number of fused-ring (bicyclic) bond motifs is 6. The first-order valence-electron chi connectivity index (χ1n) is 20.4. The summed E-state index contributed by atoms with van der Waals surface area (Å²) in [4.78, 5) is 39.2. The van der Waals surface area contributed by atoms with Gasteiger partial charge in [0, 0.05) is 95.7 Å². The van der Waals surface area contributed by atoms with Crippen LogP contribution >= 0.6 is 12.6 Å². The topological polar surface area (TPSA) is 128 Å². The number of halogens is 2. The van der Waals surface area contributed by atoms with Gasteiger partial charge in [-0.05, 0) is 80.0 Å². The number of alkyl halides is 2. The van der Waals surface area contributed by atoms with E-state index in [-0.39, 0.29) is 31.3 Å². The van der Waals surface area contributed by atoms with Crippen molar-refractivity contribution in [1.82, 2.24) is 14.8 Å². The molecule has 0 radical (unpaired) electrons. The van der Waals surface area contributed by atoms with E-state index in [9.17, 15) is 15.0 Å². The van der Waals surface area contributed by atoms with Crippen molar-refractivity contribution < 1.29 is 42.8 Å². The number of nitrogens with one attached hydrogen (secondary N) is 1. The van der Waals surface area contributed by atoms with Gasteiger partial charge in [-0.25, -0.2) is 13.6 Å². The van der Waals surface area contributed by atoms with Gasteiger partial charge in [0.25, 0.3) is 0 Å². The zero-order valence-corrected chi connectivity index (χ0v) is 34.9. The Morgan fingerprint density at radius 3 is 2.50 bits per heavy atom. The number of methoxy groups -OCH3 is 3. The van der Waals surface area contributed by atoms with Crippen molar-refractivity contribution in [3.63, 3.8) is 0 Å². The van der Waals surface area contributed by atoms with E-state index < -0.39 is 57.8 Å². The summed E-state index contributed by atoms with van der Waals surface area (Å²) >= 11 is 4.56. The fourth-order valence-corrected chi connectivity index (χ4v) is 13.3. The highest BCUT2D eigenvalue weighted by Crippen LogP contribution is 2.68. The van der Waals surface area contributed by atoms with Crippen LogP contribution in [0.15, 0.2) is 42.5 Å². The summed E-state index contributed by atoms with van der Waals surface area (Å²) in [6.45, 7) is 5.30. The summed E-state index contributed by atoms with van der Waals surface area (Å²) < 4.78 is 48.2. The van der Waals surface area contributed by atoms with Crippen molar-refractivity contribution >= 4 is 41.2 Å². The van der Waals surface area contributed by atoms with Crippen molar-refractivity contribution in [2.75, 3.05) is 59.5 Å². The fraction of sp³-hybridized carbons (Fsp3) is 0.591. The molecule has 14 heteroatoms. The number of aliphatic hydroxyl groups excluding tert-OH is 1. The molecule has 2 aromatic carbocycles. The van der Waals surface area contributed by atoms with E-state index >= 15 is 13.6 Å². The van der Waals surface area contributed by atoms with Gasteiger partial charge in [0.1, 0.15) is 17.3 Å². The molecule has 312 valence electrons. The molecule has 1 aromatic heterocycles. The molecular weight excluding hydrogens is 767 g/mol. The number of likely N-dealkylation sites (N-methyl/N-ethyl adjacent to an activating group) is 1. The molecule has 11 nitrogen and oxygen atoms in total. The number of aliphatic hydroxyl groups is 2. The minimum atomic E-state index is -2.94. The number of rotatable bonds is 7. The summed E-state index contributed by atoms with van der Waals surface area (Å²) in [6.07, 6.45) is 3.84. The number of piperidine rings is 1. The number of carbonyl (C=O) groups excluding carboxylic acids is 2. The lowest BCUT2D eigenvalue weighted by atomic mass is 9.47. The van der Waals surface area contributed by atoms with Gasteiger partial charge in [-0.15, -0.1) is 0 Å². The Morgan fingerprint density at radius 1 is 1.07 bits per heavy atom. The van der Waals surface area contributed by atoms with Gasteiger partial charge < -0.3 is 34.3 Å². The first kappa shape index (κ1) is 39.8. The Bertz CT molecular complexity index is 2230. The van der Waals surface area contributed by atoms with Gasteiger partial charge >= 0.3 is 11.9 Å². The number of aromatic amines is 1. The van der Waals surface area contributed by atoms with Crippen LogP contribution in [0.2, 0.25) is 0 Å². The first-order chi connectivity index (χ1) is 27.6. The molecule has 1 spiro atoms. The maximum atomic E-state index is 15.4. The number of hydrogen-bond donors (Lipinski definition) is 4. The predicted octanol–water partition coefficient (Wildman–Crippen LogP) is 4.94. The third-order valence-electron chi connectivity index (χ3n) is 15.4. The average Bonchev–Trinajstić information content (AvgIpc) is 3.86. The maximum absolute atomic E-state index is 15.4. The van der Waals surface area contributed by atoms with Crippen LogP contribution in [0.4, 0.5) is 14.5 Å². The largest absolute Gasteiger partial charge is 0.496 e. The van der Waals surface area contributed by atoms with Crippen LogP contribution < -0.4 is 9.64 Å². The lowest BCUT2D eigenvalue weighted by Crippen LogP contribution is -2.80. The van der Waals surface area contributed by atoms with Crippen LogP contribution in [0, 0.1) is 17.3 Å². The number of esters is 2. The van der Waals surface area contributed by atoms with Gasteiger partial charge in [-0.1, -0.05) is 25.1 Å². The second-order valence-corrected chi connectivity index (χ2v) is 18.2. The Kier molecular flexibility index (Phi) is 9.19. The SMILES string of the molecule is CC[C@]12C=CCN3CC[C@@]4(c5cc([C@@]6(C(=O)OC)C[C@H]7CC(C(C)(F)F)CN(Cc8c6[nH]c6ccc(CS)cc86)C7)c(OC)cc5N(C)[C@H]4[C@@](O)(C(=O)OC)[C@@H]1O)[C@@H]32. The van der Waals surface area contributed by atoms with E-state index in [4.69, 9.17) is 14.2 Å². The molecule has 0 amide bonds. The summed E-state index contributed by atoms with van der Waals surface area (Å²) in [6, 6.07) is 8.63. The quantitative estimate of drug-likeness (QED) is 0.148. The van der Waals surface area contributed by atoms with Crippen molar-refractivity contribution in [2.45, 2.75) is 92.4 Å². The number of aromatic nitrogens is 1. The zero-order chi connectivity index (χ0) is 41.3. The Morgan fingerprint density at radius 2 is 1.83 bits per heavy atom. The molecule has 9 rings (SSSR count). The van der Waals surface area contributed by atoms with E-state index in [2.05, 4.69) is 33.5 Å². The lowest BCUT2D eigenvalue weighted by Gasteiger charge is -2.63. The maximum Gasteiger partial charge on any atom is 0.342 e.